The molecule has 0 radical (unpaired) electrons. The Balaban J connectivity index is 0.000000143. The van der Waals surface area contributed by atoms with E-state index >= 15 is 0 Å². The lowest BCUT2D eigenvalue weighted by atomic mass is 10.1. The van der Waals surface area contributed by atoms with E-state index in [1.54, 1.807) is 0 Å². The van der Waals surface area contributed by atoms with Gasteiger partial charge in [-0.1, -0.05) is 12.1 Å². The number of carbonyl (C=O) groups is 1. The molecule has 1 aromatic carbocycles. The summed E-state index contributed by atoms with van der Waals surface area (Å²) in [6.45, 7) is 1.09. The molecule has 28 heavy (non-hydrogen) atoms. The predicted octanol–water partition coefficient (Wildman–Crippen LogP) is 3.42. The molecule has 2 aliphatic rings. The van der Waals surface area contributed by atoms with Gasteiger partial charge in [0.1, 0.15) is 10.6 Å². The highest BCUT2D eigenvalue weighted by atomic mass is 32.1. The van der Waals surface area contributed by atoms with E-state index in [9.17, 15) is 14.0 Å². The van der Waals surface area contributed by atoms with Gasteiger partial charge in [-0.15, -0.1) is 11.3 Å². The zero-order chi connectivity index (χ0) is 19.7. The predicted molar refractivity (Wildman–Crippen MR) is 106 cm³/mol. The highest BCUT2D eigenvalue weighted by molar-refractivity contribution is 7.18. The minimum atomic E-state index is -1.20. The molecular formula is C20H20FN3O3S. The highest BCUT2D eigenvalue weighted by Crippen LogP contribution is 2.34. The van der Waals surface area contributed by atoms with Crippen LogP contribution in [0.25, 0.3) is 10.2 Å². The lowest BCUT2D eigenvalue weighted by Gasteiger charge is -2.09. The topological polar surface area (TPSA) is 95.1 Å². The minimum absolute atomic E-state index is 0.156. The third kappa shape index (κ3) is 3.70. The van der Waals surface area contributed by atoms with Crippen molar-refractivity contribution < 1.29 is 14.3 Å². The second-order valence-electron chi connectivity index (χ2n) is 6.96. The quantitative estimate of drug-likeness (QED) is 0.612. The van der Waals surface area contributed by atoms with Crippen LogP contribution in [0.15, 0.2) is 29.1 Å². The molecule has 3 heterocycles. The summed E-state index contributed by atoms with van der Waals surface area (Å²) >= 11 is 1.44. The zero-order valence-corrected chi connectivity index (χ0v) is 15.9. The first kappa shape index (κ1) is 18.8. The Morgan fingerprint density at radius 3 is 2.68 bits per heavy atom. The number of fused-ring (bicyclic) bond motifs is 3. The summed E-state index contributed by atoms with van der Waals surface area (Å²) in [5.74, 6) is -1.64. The van der Waals surface area contributed by atoms with E-state index in [2.05, 4.69) is 15.3 Å². The van der Waals surface area contributed by atoms with Crippen molar-refractivity contribution in [1.82, 2.24) is 15.3 Å². The monoisotopic (exact) mass is 401 g/mol. The molecule has 1 aliphatic heterocycles. The molecule has 2 aromatic heterocycles. The molecule has 3 aromatic rings. The average molecular weight is 401 g/mol. The van der Waals surface area contributed by atoms with Crippen LogP contribution in [0.5, 0.6) is 0 Å². The molecule has 3 N–H and O–H groups in total. The van der Waals surface area contributed by atoms with Crippen LogP contribution in [0.2, 0.25) is 0 Å². The lowest BCUT2D eigenvalue weighted by Crippen LogP contribution is -2.15. The smallest absolute Gasteiger partial charge is 0.372 e. The zero-order valence-electron chi connectivity index (χ0n) is 15.1. The summed E-state index contributed by atoms with van der Waals surface area (Å²) < 4.78 is 12.6. The second-order valence-corrected chi connectivity index (χ2v) is 8.04. The Bertz CT molecular complexity index is 1070. The Kier molecular flexibility index (Phi) is 5.23. The standard InChI is InChI=1S/C10H12FN.C10H8N2O3S/c11-9-5-3-8(4-6-9)10-2-1-7-12-10;13-8-6-4-2-1-3-5(4)16-9(6)12-7(11-8)10(14)15/h3-6,10,12H,1-2,7H2;1-3H2,(H,14,15)(H,11,12,13). The summed E-state index contributed by atoms with van der Waals surface area (Å²) in [6, 6.07) is 7.21. The molecule has 0 saturated carbocycles. The van der Waals surface area contributed by atoms with E-state index in [0.29, 0.717) is 16.3 Å². The van der Waals surface area contributed by atoms with E-state index in [1.165, 1.54) is 46.8 Å². The van der Waals surface area contributed by atoms with Crippen LogP contribution in [0.1, 0.15) is 51.9 Å². The molecule has 0 bridgehead atoms. The van der Waals surface area contributed by atoms with Crippen LogP contribution in [-0.4, -0.2) is 27.6 Å². The van der Waals surface area contributed by atoms with Gasteiger partial charge >= 0.3 is 5.97 Å². The number of nitrogens with zero attached hydrogens (tertiary/aromatic N) is 1. The highest BCUT2D eigenvalue weighted by Gasteiger charge is 2.22. The maximum atomic E-state index is 12.6. The van der Waals surface area contributed by atoms with E-state index in [-0.39, 0.29) is 17.2 Å². The van der Waals surface area contributed by atoms with Gasteiger partial charge in [-0.05, 0) is 61.9 Å². The normalized spacial score (nSPS) is 18.0. The second kappa shape index (κ2) is 7.81. The molecule has 0 spiro atoms. The average Bonchev–Trinajstić information content (AvgIpc) is 3.39. The minimum Gasteiger partial charge on any atom is -0.475 e. The number of aryl methyl sites for hydroxylation is 2. The summed E-state index contributed by atoms with van der Waals surface area (Å²) in [6.07, 6.45) is 5.33. The number of H-pyrrole nitrogens is 1. The summed E-state index contributed by atoms with van der Waals surface area (Å²) in [7, 11) is 0. The van der Waals surface area contributed by atoms with Crippen LogP contribution in [0.4, 0.5) is 4.39 Å². The van der Waals surface area contributed by atoms with E-state index in [4.69, 9.17) is 5.11 Å². The molecule has 1 unspecified atom stereocenters. The van der Waals surface area contributed by atoms with Crippen molar-refractivity contribution in [1.29, 1.82) is 0 Å². The molecule has 1 fully saturated rings. The first-order valence-electron chi connectivity index (χ1n) is 9.29. The third-order valence-electron chi connectivity index (χ3n) is 5.11. The van der Waals surface area contributed by atoms with Gasteiger partial charge in [0.25, 0.3) is 5.56 Å². The number of carboxylic acids is 1. The van der Waals surface area contributed by atoms with Gasteiger partial charge in [-0.2, -0.15) is 0 Å². The first-order chi connectivity index (χ1) is 13.5. The Morgan fingerprint density at radius 2 is 2.00 bits per heavy atom. The van der Waals surface area contributed by atoms with Gasteiger partial charge in [0.05, 0.1) is 5.39 Å². The number of carboxylic acid groups (broad SMARTS) is 1. The summed E-state index contributed by atoms with van der Waals surface area (Å²) in [5.41, 5.74) is 1.93. The van der Waals surface area contributed by atoms with Crippen LogP contribution >= 0.6 is 11.3 Å². The number of thiophene rings is 1. The van der Waals surface area contributed by atoms with Gasteiger partial charge in [0.15, 0.2) is 0 Å². The van der Waals surface area contributed by atoms with Crippen molar-refractivity contribution in [2.24, 2.45) is 0 Å². The van der Waals surface area contributed by atoms with Crippen LogP contribution in [-0.2, 0) is 12.8 Å². The van der Waals surface area contributed by atoms with Gasteiger partial charge < -0.3 is 15.4 Å². The number of aromatic nitrogens is 2. The van der Waals surface area contributed by atoms with Gasteiger partial charge in [0, 0.05) is 10.9 Å². The molecule has 5 rings (SSSR count). The number of nitrogens with one attached hydrogen (secondary N) is 2. The van der Waals surface area contributed by atoms with E-state index in [1.807, 2.05) is 12.1 Å². The maximum absolute atomic E-state index is 12.6. The first-order valence-corrected chi connectivity index (χ1v) is 10.1. The van der Waals surface area contributed by atoms with Crippen molar-refractivity contribution in [3.63, 3.8) is 0 Å². The molecule has 1 saturated heterocycles. The molecule has 146 valence electrons. The molecule has 6 nitrogen and oxygen atoms in total. The number of aromatic amines is 1. The van der Waals surface area contributed by atoms with Crippen LogP contribution < -0.4 is 10.9 Å². The largest absolute Gasteiger partial charge is 0.475 e. The number of benzene rings is 1. The van der Waals surface area contributed by atoms with Crippen molar-refractivity contribution in [3.8, 4) is 0 Å². The SMILES string of the molecule is Fc1ccc(C2CCCN2)cc1.O=C(O)c1nc2sc3c(c2c(=O)[nH]1)CCC3. The van der Waals surface area contributed by atoms with Crippen molar-refractivity contribution in [2.75, 3.05) is 6.54 Å². The van der Waals surface area contributed by atoms with Crippen LogP contribution in [0.3, 0.4) is 0 Å². The maximum Gasteiger partial charge on any atom is 0.372 e. The van der Waals surface area contributed by atoms with Crippen LogP contribution in [0, 0.1) is 5.82 Å². The fourth-order valence-electron chi connectivity index (χ4n) is 3.77. The van der Waals surface area contributed by atoms with E-state index in [0.717, 1.165) is 31.4 Å². The Labute approximate surface area is 164 Å². The number of hydrogen-bond donors (Lipinski definition) is 3. The van der Waals surface area contributed by atoms with E-state index < -0.39 is 5.97 Å². The third-order valence-corrected chi connectivity index (χ3v) is 6.30. The molecule has 1 atom stereocenters. The summed E-state index contributed by atoms with van der Waals surface area (Å²) in [5, 5.41) is 12.7. The van der Waals surface area contributed by atoms with Gasteiger partial charge in [0.2, 0.25) is 5.82 Å². The van der Waals surface area contributed by atoms with Gasteiger partial charge in [-0.3, -0.25) is 4.79 Å². The summed E-state index contributed by atoms with van der Waals surface area (Å²) in [4.78, 5) is 30.5. The molecular weight excluding hydrogens is 381 g/mol. The fourth-order valence-corrected chi connectivity index (χ4v) is 5.03. The van der Waals surface area contributed by atoms with Crippen molar-refractivity contribution in [3.05, 3.63) is 62.3 Å². The number of aromatic carboxylic acids is 1. The number of halogens is 1. The van der Waals surface area contributed by atoms with Gasteiger partial charge in [-0.25, -0.2) is 14.2 Å². The number of rotatable bonds is 2. The Hall–Kier alpha value is -2.58. The Morgan fingerprint density at radius 1 is 1.21 bits per heavy atom. The molecule has 8 heteroatoms. The van der Waals surface area contributed by atoms with Crippen molar-refractivity contribution >= 4 is 27.5 Å². The molecule has 0 amide bonds. The molecule has 1 aliphatic carbocycles. The number of hydrogen-bond acceptors (Lipinski definition) is 5. The fraction of sp³-hybridized carbons (Fsp3) is 0.350. The lowest BCUT2D eigenvalue weighted by molar-refractivity contribution is 0.0683. The van der Waals surface area contributed by atoms with Crippen molar-refractivity contribution in [2.45, 2.75) is 38.1 Å².